The Morgan fingerprint density at radius 2 is 1.94 bits per heavy atom. The summed E-state index contributed by atoms with van der Waals surface area (Å²) in [5.41, 5.74) is 0. The number of hydrogen-bond donors (Lipinski definition) is 0. The van der Waals surface area contributed by atoms with Gasteiger partial charge in [0, 0.05) is 28.2 Å². The molecule has 1 aromatic rings. The van der Waals surface area contributed by atoms with E-state index in [-0.39, 0.29) is 6.42 Å². The lowest BCUT2D eigenvalue weighted by atomic mass is 10.3. The lowest BCUT2D eigenvalue weighted by molar-refractivity contribution is -0.117. The molecule has 96 valence electrons. The fourth-order valence-electron chi connectivity index (χ4n) is 1.22. The second kappa shape index (κ2) is 5.44. The van der Waals surface area contributed by atoms with E-state index in [1.54, 1.807) is 40.3 Å². The van der Waals surface area contributed by atoms with Crippen molar-refractivity contribution >= 4 is 16.0 Å². The minimum absolute atomic E-state index is 0.0195. The normalized spacial score (nSPS) is 12.1. The van der Waals surface area contributed by atoms with E-state index < -0.39 is 16.0 Å². The number of hydrogen-bond acceptors (Lipinski definition) is 3. The Balaban J connectivity index is 2.93. The van der Waals surface area contributed by atoms with Gasteiger partial charge >= 0.3 is 0 Å². The van der Waals surface area contributed by atoms with Crippen LogP contribution in [-0.2, 0) is 21.3 Å². The molecule has 7 heteroatoms. The van der Waals surface area contributed by atoms with Gasteiger partial charge in [-0.25, -0.2) is 12.8 Å². The van der Waals surface area contributed by atoms with Gasteiger partial charge < -0.3 is 4.42 Å². The topological polar surface area (TPSA) is 66.1 Å². The maximum atomic E-state index is 12.4. The maximum Gasteiger partial charge on any atom is 0.263 e. The van der Waals surface area contributed by atoms with Crippen LogP contribution < -0.4 is 0 Å². The molecule has 1 heterocycles. The fraction of sp³-hybridized carbons (Fsp3) is 0.500. The molecule has 0 aliphatic rings. The Bertz CT molecular complexity index is 471. The van der Waals surface area contributed by atoms with Crippen LogP contribution in [0.2, 0.25) is 0 Å². The summed E-state index contributed by atoms with van der Waals surface area (Å²) >= 11 is 0. The summed E-state index contributed by atoms with van der Waals surface area (Å²) in [5.74, 6) is 0.0466. The van der Waals surface area contributed by atoms with Crippen molar-refractivity contribution in [3.63, 3.8) is 0 Å². The van der Waals surface area contributed by atoms with E-state index in [0.717, 1.165) is 0 Å². The molecule has 0 saturated carbocycles. The second-order valence-electron chi connectivity index (χ2n) is 3.83. The molecule has 1 aromatic heterocycles. The Kier molecular flexibility index (Phi) is 4.44. The van der Waals surface area contributed by atoms with Crippen LogP contribution >= 0.6 is 0 Å². The average molecular weight is 259 g/mol. The van der Waals surface area contributed by atoms with Gasteiger partial charge in [-0.15, -0.1) is 4.36 Å². The standard InChI is InChI=1S/C10H17N3O3S/c1-12(2)17(15,13(3)4)11-10(14)8-9-6-5-7-16-9/h5-7H,8H2,1-4H3. The van der Waals surface area contributed by atoms with Crippen molar-refractivity contribution in [2.24, 2.45) is 4.36 Å². The van der Waals surface area contributed by atoms with E-state index in [1.165, 1.54) is 14.9 Å². The van der Waals surface area contributed by atoms with Crippen LogP contribution in [0.1, 0.15) is 5.76 Å². The van der Waals surface area contributed by atoms with Gasteiger partial charge in [-0.2, -0.15) is 0 Å². The van der Waals surface area contributed by atoms with Crippen molar-refractivity contribution < 1.29 is 13.4 Å². The first-order valence-electron chi connectivity index (χ1n) is 5.03. The number of nitrogens with zero attached hydrogens (tertiary/aromatic N) is 3. The SMILES string of the molecule is CN(C)S(=O)(=NC(=O)Cc1ccco1)N(C)C. The first kappa shape index (κ1) is 13.9. The quantitative estimate of drug-likeness (QED) is 0.802. The van der Waals surface area contributed by atoms with E-state index in [2.05, 4.69) is 4.36 Å². The molecule has 1 amide bonds. The molecule has 0 aliphatic heterocycles. The van der Waals surface area contributed by atoms with Crippen LogP contribution in [0.25, 0.3) is 0 Å². The predicted molar refractivity (Wildman–Crippen MR) is 65.4 cm³/mol. The zero-order valence-electron chi connectivity index (χ0n) is 10.4. The van der Waals surface area contributed by atoms with E-state index in [9.17, 15) is 9.00 Å². The highest BCUT2D eigenvalue weighted by atomic mass is 32.2. The van der Waals surface area contributed by atoms with Crippen LogP contribution in [0, 0.1) is 0 Å². The van der Waals surface area contributed by atoms with Crippen LogP contribution in [0.5, 0.6) is 0 Å². The summed E-state index contributed by atoms with van der Waals surface area (Å²) in [6.07, 6.45) is 1.50. The first-order chi connectivity index (χ1) is 7.86. The molecule has 0 aliphatic carbocycles. The van der Waals surface area contributed by atoms with E-state index >= 15 is 0 Å². The molecule has 0 saturated heterocycles. The lowest BCUT2D eigenvalue weighted by Crippen LogP contribution is -2.35. The number of amides is 1. The van der Waals surface area contributed by atoms with E-state index in [1.807, 2.05) is 0 Å². The molecule has 0 bridgehead atoms. The largest absolute Gasteiger partial charge is 0.469 e. The zero-order chi connectivity index (χ0) is 13.1. The third kappa shape index (κ3) is 3.39. The van der Waals surface area contributed by atoms with Crippen molar-refractivity contribution in [2.75, 3.05) is 28.2 Å². The first-order valence-corrected chi connectivity index (χ1v) is 6.46. The van der Waals surface area contributed by atoms with Crippen molar-refractivity contribution in [1.29, 1.82) is 0 Å². The third-order valence-electron chi connectivity index (χ3n) is 2.08. The van der Waals surface area contributed by atoms with Crippen molar-refractivity contribution in [1.82, 2.24) is 8.61 Å². The number of carbonyl (C=O) groups is 1. The monoisotopic (exact) mass is 259 g/mol. The van der Waals surface area contributed by atoms with Crippen molar-refractivity contribution in [3.05, 3.63) is 24.2 Å². The molecule has 1 rings (SSSR count). The Morgan fingerprint density at radius 3 is 2.35 bits per heavy atom. The lowest BCUT2D eigenvalue weighted by Gasteiger charge is -2.22. The minimum atomic E-state index is -2.82. The van der Waals surface area contributed by atoms with Gasteiger partial charge in [0.25, 0.3) is 5.91 Å². The summed E-state index contributed by atoms with van der Waals surface area (Å²) in [6, 6.07) is 3.37. The minimum Gasteiger partial charge on any atom is -0.469 e. The smallest absolute Gasteiger partial charge is 0.263 e. The van der Waals surface area contributed by atoms with E-state index in [0.29, 0.717) is 5.76 Å². The number of furan rings is 1. The molecule has 17 heavy (non-hydrogen) atoms. The van der Waals surface area contributed by atoms with Crippen LogP contribution in [0.4, 0.5) is 0 Å². The molecule has 0 spiro atoms. The van der Waals surface area contributed by atoms with Gasteiger partial charge in [-0.1, -0.05) is 0 Å². The zero-order valence-corrected chi connectivity index (χ0v) is 11.2. The average Bonchev–Trinajstić information content (AvgIpc) is 2.69. The van der Waals surface area contributed by atoms with Gasteiger partial charge in [-0.3, -0.25) is 4.79 Å². The molecule has 0 radical (unpaired) electrons. The summed E-state index contributed by atoms with van der Waals surface area (Å²) in [5, 5.41) is 0. The van der Waals surface area contributed by atoms with Gasteiger partial charge in [0.05, 0.1) is 12.7 Å². The van der Waals surface area contributed by atoms with Crippen molar-refractivity contribution in [2.45, 2.75) is 6.42 Å². The summed E-state index contributed by atoms with van der Waals surface area (Å²) in [4.78, 5) is 11.7. The molecule has 0 atom stereocenters. The summed E-state index contributed by atoms with van der Waals surface area (Å²) < 4.78 is 24.0. The molecular formula is C10H17N3O3S. The molecular weight excluding hydrogens is 242 g/mol. The third-order valence-corrected chi connectivity index (χ3v) is 4.42. The molecule has 6 nitrogen and oxygen atoms in total. The van der Waals surface area contributed by atoms with Gasteiger partial charge in [0.15, 0.2) is 10.1 Å². The van der Waals surface area contributed by atoms with Crippen LogP contribution in [-0.4, -0.2) is 46.9 Å². The second-order valence-corrected chi connectivity index (χ2v) is 6.41. The molecule has 0 fully saturated rings. The highest BCUT2D eigenvalue weighted by molar-refractivity contribution is 7.89. The van der Waals surface area contributed by atoms with Gasteiger partial charge in [0.1, 0.15) is 5.76 Å². The molecule has 0 N–H and O–H groups in total. The predicted octanol–water partition coefficient (Wildman–Crippen LogP) is 0.770. The van der Waals surface area contributed by atoms with Crippen molar-refractivity contribution in [3.8, 4) is 0 Å². The highest BCUT2D eigenvalue weighted by Gasteiger charge is 2.18. The van der Waals surface area contributed by atoms with Crippen LogP contribution in [0.15, 0.2) is 27.2 Å². The Hall–Kier alpha value is -1.18. The number of carbonyl (C=O) groups excluding carboxylic acids is 1. The summed E-state index contributed by atoms with van der Waals surface area (Å²) in [7, 11) is 3.64. The highest BCUT2D eigenvalue weighted by Crippen LogP contribution is 2.07. The fourth-order valence-corrected chi connectivity index (χ4v) is 2.53. The number of rotatable bonds is 4. The maximum absolute atomic E-state index is 12.4. The Morgan fingerprint density at radius 1 is 1.35 bits per heavy atom. The van der Waals surface area contributed by atoms with E-state index in [4.69, 9.17) is 4.42 Å². The Labute approximate surface area is 102 Å². The molecule has 0 unspecified atom stereocenters. The molecule has 0 aromatic carbocycles. The van der Waals surface area contributed by atoms with Gasteiger partial charge in [0.2, 0.25) is 0 Å². The summed E-state index contributed by atoms with van der Waals surface area (Å²) in [6.45, 7) is 0. The van der Waals surface area contributed by atoms with Gasteiger partial charge in [-0.05, 0) is 12.1 Å². The van der Waals surface area contributed by atoms with Crippen LogP contribution in [0.3, 0.4) is 0 Å².